The molecule has 0 atom stereocenters. The zero-order valence-corrected chi connectivity index (χ0v) is 21.7. The van der Waals surface area contributed by atoms with E-state index >= 15 is 0 Å². The molecule has 0 saturated carbocycles. The topological polar surface area (TPSA) is 90.0 Å². The molecule has 0 unspecified atom stereocenters. The van der Waals surface area contributed by atoms with Gasteiger partial charge in [-0.1, -0.05) is 31.2 Å². The molecule has 0 spiro atoms. The lowest BCUT2D eigenvalue weighted by Gasteiger charge is -2.23. The third-order valence-electron chi connectivity index (χ3n) is 5.69. The Morgan fingerprint density at radius 2 is 1.66 bits per heavy atom. The molecule has 11 heteroatoms. The molecule has 38 heavy (non-hydrogen) atoms. The number of methoxy groups -OCH3 is 1. The van der Waals surface area contributed by atoms with Crippen LogP contribution in [0.25, 0.3) is 0 Å². The lowest BCUT2D eigenvalue weighted by molar-refractivity contribution is -0.140. The van der Waals surface area contributed by atoms with Crippen molar-refractivity contribution in [2.45, 2.75) is 37.9 Å². The summed E-state index contributed by atoms with van der Waals surface area (Å²) in [6, 6.07) is 14.5. The molecule has 7 nitrogen and oxygen atoms in total. The van der Waals surface area contributed by atoms with Crippen molar-refractivity contribution in [3.8, 4) is 11.5 Å². The summed E-state index contributed by atoms with van der Waals surface area (Å²) < 4.78 is 78.7. The van der Waals surface area contributed by atoms with Crippen LogP contribution in [0.3, 0.4) is 0 Å². The number of nitrogens with zero attached hydrogens (tertiary/aromatic N) is 1. The van der Waals surface area contributed by atoms with Crippen LogP contribution in [-0.2, 0) is 38.7 Å². The second-order valence-electron chi connectivity index (χ2n) is 8.33. The second-order valence-corrected chi connectivity index (χ2v) is 10.3. The van der Waals surface area contributed by atoms with E-state index in [4.69, 9.17) is 4.74 Å². The number of hydrogen-bond acceptors (Lipinski definition) is 6. The first kappa shape index (κ1) is 28.9. The van der Waals surface area contributed by atoms with Crippen LogP contribution in [0.5, 0.6) is 11.5 Å². The van der Waals surface area contributed by atoms with E-state index in [9.17, 15) is 31.2 Å². The number of ketones is 1. The minimum atomic E-state index is -4.66. The van der Waals surface area contributed by atoms with Crippen LogP contribution in [0.15, 0.2) is 71.6 Å². The summed E-state index contributed by atoms with van der Waals surface area (Å²) in [5, 5.41) is 0. The highest BCUT2D eigenvalue weighted by atomic mass is 32.2. The zero-order valence-electron chi connectivity index (χ0n) is 20.9. The fourth-order valence-electron chi connectivity index (χ4n) is 3.63. The molecule has 0 radical (unpaired) electrons. The Morgan fingerprint density at radius 3 is 2.24 bits per heavy atom. The van der Waals surface area contributed by atoms with Crippen LogP contribution in [0, 0.1) is 0 Å². The number of sulfonamides is 1. The molecule has 3 rings (SSSR count). The number of benzene rings is 3. The van der Waals surface area contributed by atoms with Crippen molar-refractivity contribution in [2.75, 3.05) is 13.7 Å². The Bertz CT molecular complexity index is 1420. The van der Waals surface area contributed by atoms with Gasteiger partial charge in [-0.05, 0) is 55.0 Å². The summed E-state index contributed by atoms with van der Waals surface area (Å²) in [6.07, 6.45) is -4.69. The fourth-order valence-corrected chi connectivity index (χ4v) is 5.06. The largest absolute Gasteiger partial charge is 0.469 e. The summed E-state index contributed by atoms with van der Waals surface area (Å²) in [5.41, 5.74) is -0.0768. The maximum atomic E-state index is 13.5. The first-order chi connectivity index (χ1) is 17.8. The predicted octanol–water partition coefficient (Wildman–Crippen LogP) is 5.63. The van der Waals surface area contributed by atoms with Gasteiger partial charge < -0.3 is 9.47 Å². The van der Waals surface area contributed by atoms with Gasteiger partial charge in [0.2, 0.25) is 10.0 Å². The van der Waals surface area contributed by atoms with E-state index in [1.807, 2.05) is 0 Å². The predicted molar refractivity (Wildman–Crippen MR) is 133 cm³/mol. The molecule has 0 bridgehead atoms. The summed E-state index contributed by atoms with van der Waals surface area (Å²) in [4.78, 5) is 23.0. The standard InChI is InChI=1S/C27H26F3NO6S/c1-4-31(38(34,35)24-11-8-20(9-12-24)18(2)32)17-21-16-22(27(28,29)30)10-13-25(21)37-23-7-5-6-19(14-23)15-26(33)36-3/h5-14,16H,4,15,17H2,1-3H3. The summed E-state index contributed by atoms with van der Waals surface area (Å²) in [7, 11) is -2.87. The van der Waals surface area contributed by atoms with Gasteiger partial charge in [-0.3, -0.25) is 9.59 Å². The fraction of sp³-hybridized carbons (Fsp3) is 0.259. The quantitative estimate of drug-likeness (QED) is 0.241. The molecule has 0 fully saturated rings. The lowest BCUT2D eigenvalue weighted by Crippen LogP contribution is -2.30. The minimum Gasteiger partial charge on any atom is -0.469 e. The third kappa shape index (κ3) is 6.99. The molecule has 0 aliphatic heterocycles. The lowest BCUT2D eigenvalue weighted by atomic mass is 10.1. The van der Waals surface area contributed by atoms with E-state index in [0.29, 0.717) is 11.1 Å². The monoisotopic (exact) mass is 549 g/mol. The molecular weight excluding hydrogens is 523 g/mol. The number of halogens is 3. The van der Waals surface area contributed by atoms with Gasteiger partial charge >= 0.3 is 12.1 Å². The molecule has 202 valence electrons. The average molecular weight is 550 g/mol. The Morgan fingerprint density at radius 1 is 0.974 bits per heavy atom. The van der Waals surface area contributed by atoms with Gasteiger partial charge in [-0.2, -0.15) is 17.5 Å². The van der Waals surface area contributed by atoms with Gasteiger partial charge in [0.1, 0.15) is 11.5 Å². The van der Waals surface area contributed by atoms with Crippen molar-refractivity contribution in [3.05, 3.63) is 89.0 Å². The third-order valence-corrected chi connectivity index (χ3v) is 7.62. The normalized spacial score (nSPS) is 11.9. The van der Waals surface area contributed by atoms with Crippen molar-refractivity contribution in [3.63, 3.8) is 0 Å². The van der Waals surface area contributed by atoms with E-state index in [1.165, 1.54) is 38.3 Å². The van der Waals surface area contributed by atoms with Gasteiger partial charge in [0, 0.05) is 24.2 Å². The molecule has 0 N–H and O–H groups in total. The van der Waals surface area contributed by atoms with E-state index in [-0.39, 0.29) is 40.7 Å². The molecule has 0 aliphatic rings. The Labute approximate surface area is 218 Å². The molecule has 3 aromatic rings. The highest BCUT2D eigenvalue weighted by Gasteiger charge is 2.32. The van der Waals surface area contributed by atoms with Crippen LogP contribution in [-0.4, -0.2) is 38.1 Å². The van der Waals surface area contributed by atoms with Crippen LogP contribution in [0.4, 0.5) is 13.2 Å². The number of rotatable bonds is 10. The van der Waals surface area contributed by atoms with Crippen molar-refractivity contribution >= 4 is 21.8 Å². The van der Waals surface area contributed by atoms with Crippen molar-refractivity contribution in [2.24, 2.45) is 0 Å². The highest BCUT2D eigenvalue weighted by molar-refractivity contribution is 7.89. The first-order valence-corrected chi connectivity index (χ1v) is 12.9. The van der Waals surface area contributed by atoms with Crippen LogP contribution < -0.4 is 4.74 Å². The van der Waals surface area contributed by atoms with Crippen LogP contribution in [0.1, 0.15) is 40.9 Å². The number of alkyl halides is 3. The molecule has 0 aliphatic carbocycles. The van der Waals surface area contributed by atoms with Crippen LogP contribution >= 0.6 is 0 Å². The van der Waals surface area contributed by atoms with E-state index in [0.717, 1.165) is 22.5 Å². The Hall–Kier alpha value is -3.70. The van der Waals surface area contributed by atoms with Gasteiger partial charge in [-0.25, -0.2) is 8.42 Å². The Balaban J connectivity index is 1.98. The van der Waals surface area contributed by atoms with Crippen molar-refractivity contribution in [1.82, 2.24) is 4.31 Å². The van der Waals surface area contributed by atoms with Gasteiger partial charge in [0.25, 0.3) is 0 Å². The summed E-state index contributed by atoms with van der Waals surface area (Å²) in [6.45, 7) is 2.46. The number of esters is 1. The molecule has 0 heterocycles. The minimum absolute atomic E-state index is 0.0102. The van der Waals surface area contributed by atoms with Crippen molar-refractivity contribution in [1.29, 1.82) is 0 Å². The molecule has 0 saturated heterocycles. The SMILES string of the molecule is CCN(Cc1cc(C(F)(F)F)ccc1Oc1cccc(CC(=O)OC)c1)S(=O)(=O)c1ccc(C(C)=O)cc1. The molecule has 3 aromatic carbocycles. The Kier molecular flexibility index (Phi) is 8.95. The summed E-state index contributed by atoms with van der Waals surface area (Å²) >= 11 is 0. The maximum Gasteiger partial charge on any atom is 0.416 e. The molecule has 0 aromatic heterocycles. The number of carbonyl (C=O) groups is 2. The van der Waals surface area contributed by atoms with Gasteiger partial charge in [0.05, 0.1) is 24.0 Å². The first-order valence-electron chi connectivity index (χ1n) is 11.5. The maximum absolute atomic E-state index is 13.5. The van der Waals surface area contributed by atoms with E-state index in [2.05, 4.69) is 4.74 Å². The van der Waals surface area contributed by atoms with E-state index < -0.39 is 34.3 Å². The van der Waals surface area contributed by atoms with Gasteiger partial charge in [0.15, 0.2) is 5.78 Å². The smallest absolute Gasteiger partial charge is 0.416 e. The number of carbonyl (C=O) groups excluding carboxylic acids is 2. The van der Waals surface area contributed by atoms with Gasteiger partial charge in [-0.15, -0.1) is 0 Å². The number of Topliss-reactive ketones (excluding diaryl/α,β-unsaturated/α-hetero) is 1. The number of hydrogen-bond donors (Lipinski definition) is 0. The van der Waals surface area contributed by atoms with E-state index in [1.54, 1.807) is 31.2 Å². The average Bonchev–Trinajstić information content (AvgIpc) is 2.87. The second kappa shape index (κ2) is 11.8. The van der Waals surface area contributed by atoms with Crippen LogP contribution in [0.2, 0.25) is 0 Å². The molecular formula is C27H26F3NO6S. The molecule has 0 amide bonds. The number of ether oxygens (including phenoxy) is 2. The highest BCUT2D eigenvalue weighted by Crippen LogP contribution is 2.35. The zero-order chi connectivity index (χ0) is 28.1. The van der Waals surface area contributed by atoms with Crippen molar-refractivity contribution < 1.29 is 40.7 Å². The summed E-state index contributed by atoms with van der Waals surface area (Å²) in [5.74, 6) is -0.438.